The number of rotatable bonds is 6. The van der Waals surface area contributed by atoms with E-state index in [1.165, 1.54) is 16.9 Å². The lowest BCUT2D eigenvalue weighted by atomic mass is 10.1. The minimum Gasteiger partial charge on any atom is -0.342 e. The molecule has 8 heteroatoms. The summed E-state index contributed by atoms with van der Waals surface area (Å²) in [6, 6.07) is 15.6. The van der Waals surface area contributed by atoms with Crippen molar-refractivity contribution in [2.45, 2.75) is 12.8 Å². The molecule has 1 saturated heterocycles. The molecule has 142 valence electrons. The second kappa shape index (κ2) is 8.26. The number of hydrogen-bond acceptors (Lipinski definition) is 6. The van der Waals surface area contributed by atoms with Crippen molar-refractivity contribution in [1.29, 1.82) is 0 Å². The Morgan fingerprint density at radius 1 is 1.14 bits per heavy atom. The Kier molecular flexibility index (Phi) is 5.38. The van der Waals surface area contributed by atoms with Crippen LogP contribution in [0.2, 0.25) is 0 Å². The number of benzene rings is 1. The zero-order chi connectivity index (χ0) is 19.3. The average molecular weight is 393 g/mol. The van der Waals surface area contributed by atoms with Crippen molar-refractivity contribution in [2.75, 3.05) is 18.4 Å². The third-order valence-corrected chi connectivity index (χ3v) is 5.50. The third-order valence-electron chi connectivity index (χ3n) is 4.64. The number of aromatic nitrogens is 3. The summed E-state index contributed by atoms with van der Waals surface area (Å²) in [4.78, 5) is 30.8. The molecular formula is C20H19N5O2S. The van der Waals surface area contributed by atoms with Crippen LogP contribution in [0.25, 0.3) is 10.7 Å². The van der Waals surface area contributed by atoms with Crippen molar-refractivity contribution in [2.24, 2.45) is 5.92 Å². The van der Waals surface area contributed by atoms with Crippen LogP contribution in [0.5, 0.6) is 0 Å². The summed E-state index contributed by atoms with van der Waals surface area (Å²) in [6.07, 6.45) is 2.69. The molecule has 0 aliphatic carbocycles. The highest BCUT2D eigenvalue weighted by atomic mass is 32.1. The second-order valence-corrected chi connectivity index (χ2v) is 7.57. The lowest BCUT2D eigenvalue weighted by molar-refractivity contribution is -0.128. The van der Waals surface area contributed by atoms with E-state index < -0.39 is 0 Å². The van der Waals surface area contributed by atoms with Crippen molar-refractivity contribution < 1.29 is 9.59 Å². The Hall–Kier alpha value is -3.13. The van der Waals surface area contributed by atoms with Crippen molar-refractivity contribution >= 4 is 28.3 Å². The molecule has 1 atom stereocenters. The monoisotopic (exact) mass is 393 g/mol. The number of anilines is 1. The molecule has 2 amide bonds. The Morgan fingerprint density at radius 3 is 2.75 bits per heavy atom. The first kappa shape index (κ1) is 18.2. The van der Waals surface area contributed by atoms with Crippen LogP contribution >= 0.6 is 11.3 Å². The summed E-state index contributed by atoms with van der Waals surface area (Å²) in [5, 5.41) is 11.9. The minimum atomic E-state index is -0.370. The molecule has 0 radical (unpaired) electrons. The molecule has 4 rings (SSSR count). The quantitative estimate of drug-likeness (QED) is 0.696. The number of carbonyl (C=O) groups excluding carboxylic acids is 2. The van der Waals surface area contributed by atoms with Crippen LogP contribution in [0.4, 0.5) is 5.13 Å². The van der Waals surface area contributed by atoms with Crippen LogP contribution in [0.3, 0.4) is 0 Å². The third kappa shape index (κ3) is 4.23. The molecule has 28 heavy (non-hydrogen) atoms. The summed E-state index contributed by atoms with van der Waals surface area (Å²) in [5.41, 5.74) is 1.89. The number of nitrogens with zero attached hydrogens (tertiary/aromatic N) is 4. The summed E-state index contributed by atoms with van der Waals surface area (Å²) < 4.78 is 0. The van der Waals surface area contributed by atoms with Crippen molar-refractivity contribution in [3.05, 3.63) is 60.3 Å². The van der Waals surface area contributed by atoms with Gasteiger partial charge in [0.25, 0.3) is 0 Å². The molecule has 1 N–H and O–H groups in total. The van der Waals surface area contributed by atoms with Gasteiger partial charge in [-0.05, 0) is 24.1 Å². The maximum atomic E-state index is 12.6. The van der Waals surface area contributed by atoms with Crippen LogP contribution in [0.15, 0.2) is 54.7 Å². The smallest absolute Gasteiger partial charge is 0.231 e. The summed E-state index contributed by atoms with van der Waals surface area (Å²) in [7, 11) is 0. The first-order chi connectivity index (χ1) is 13.7. The zero-order valence-electron chi connectivity index (χ0n) is 15.1. The van der Waals surface area contributed by atoms with Crippen LogP contribution in [0, 0.1) is 5.92 Å². The highest BCUT2D eigenvalue weighted by molar-refractivity contribution is 7.18. The number of carbonyl (C=O) groups is 2. The highest BCUT2D eigenvalue weighted by Crippen LogP contribution is 2.26. The van der Waals surface area contributed by atoms with Gasteiger partial charge in [-0.2, -0.15) is 0 Å². The maximum Gasteiger partial charge on any atom is 0.231 e. The van der Waals surface area contributed by atoms with E-state index in [4.69, 9.17) is 0 Å². The van der Waals surface area contributed by atoms with E-state index in [0.29, 0.717) is 28.9 Å². The van der Waals surface area contributed by atoms with Crippen LogP contribution < -0.4 is 5.32 Å². The Balaban J connectivity index is 1.33. The molecule has 7 nitrogen and oxygen atoms in total. The van der Waals surface area contributed by atoms with E-state index in [2.05, 4.69) is 20.5 Å². The molecule has 1 fully saturated rings. The van der Waals surface area contributed by atoms with Gasteiger partial charge in [0.15, 0.2) is 5.01 Å². The fraction of sp³-hybridized carbons (Fsp3) is 0.250. The van der Waals surface area contributed by atoms with Crippen molar-refractivity contribution in [3.8, 4) is 10.7 Å². The summed E-state index contributed by atoms with van der Waals surface area (Å²) in [6.45, 7) is 1.05. The van der Waals surface area contributed by atoms with Crippen molar-refractivity contribution in [3.63, 3.8) is 0 Å². The van der Waals surface area contributed by atoms with Gasteiger partial charge in [-0.25, -0.2) is 0 Å². The van der Waals surface area contributed by atoms with Gasteiger partial charge in [0.2, 0.25) is 16.9 Å². The largest absolute Gasteiger partial charge is 0.342 e. The van der Waals surface area contributed by atoms with Gasteiger partial charge in [0, 0.05) is 25.7 Å². The number of pyridine rings is 1. The molecule has 0 bridgehead atoms. The predicted octanol–water partition coefficient (Wildman–Crippen LogP) is 2.63. The van der Waals surface area contributed by atoms with E-state index >= 15 is 0 Å². The highest BCUT2D eigenvalue weighted by Gasteiger charge is 2.34. The summed E-state index contributed by atoms with van der Waals surface area (Å²) in [5.74, 6) is -0.549. The Labute approximate surface area is 166 Å². The van der Waals surface area contributed by atoms with E-state index in [1.807, 2.05) is 48.5 Å². The second-order valence-electron chi connectivity index (χ2n) is 6.59. The van der Waals surface area contributed by atoms with Gasteiger partial charge < -0.3 is 10.2 Å². The predicted molar refractivity (Wildman–Crippen MR) is 107 cm³/mol. The fourth-order valence-electron chi connectivity index (χ4n) is 3.15. The lowest BCUT2D eigenvalue weighted by Crippen LogP contribution is -2.30. The Morgan fingerprint density at radius 2 is 1.96 bits per heavy atom. The molecule has 3 aromatic rings. The number of hydrogen-bond donors (Lipinski definition) is 1. The number of nitrogens with one attached hydrogen (secondary N) is 1. The molecule has 3 heterocycles. The van der Waals surface area contributed by atoms with Gasteiger partial charge in [-0.3, -0.25) is 14.6 Å². The first-order valence-corrected chi connectivity index (χ1v) is 9.88. The van der Waals surface area contributed by atoms with Crippen LogP contribution in [0.1, 0.15) is 12.0 Å². The standard InChI is InChI=1S/C20H19N5O2S/c26-17-12-15(13-25(17)11-9-14-6-2-1-3-7-14)18(27)22-20-24-23-19(28-20)16-8-4-5-10-21-16/h1-8,10,15H,9,11-13H2,(H,22,24,27)/t15-/m1/s1. The molecule has 0 unspecified atom stereocenters. The van der Waals surface area contributed by atoms with Gasteiger partial charge in [0.1, 0.15) is 5.69 Å². The van der Waals surface area contributed by atoms with Crippen molar-refractivity contribution in [1.82, 2.24) is 20.1 Å². The van der Waals surface area contributed by atoms with Gasteiger partial charge in [0.05, 0.1) is 5.92 Å². The maximum absolute atomic E-state index is 12.6. The first-order valence-electron chi connectivity index (χ1n) is 9.06. The van der Waals surface area contributed by atoms with Gasteiger partial charge in [-0.15, -0.1) is 10.2 Å². The molecule has 1 aliphatic rings. The molecule has 2 aromatic heterocycles. The van der Waals surface area contributed by atoms with Gasteiger partial charge in [-0.1, -0.05) is 47.7 Å². The van der Waals surface area contributed by atoms with E-state index in [9.17, 15) is 9.59 Å². The zero-order valence-corrected chi connectivity index (χ0v) is 15.9. The molecule has 0 spiro atoms. The number of amides is 2. The lowest BCUT2D eigenvalue weighted by Gasteiger charge is -2.16. The summed E-state index contributed by atoms with van der Waals surface area (Å²) >= 11 is 1.27. The molecule has 1 aromatic carbocycles. The average Bonchev–Trinajstić information content (AvgIpc) is 3.34. The fourth-order valence-corrected chi connectivity index (χ4v) is 3.87. The molecule has 1 aliphatic heterocycles. The van der Waals surface area contributed by atoms with Crippen LogP contribution in [-0.4, -0.2) is 45.0 Å². The van der Waals surface area contributed by atoms with Crippen LogP contribution in [-0.2, 0) is 16.0 Å². The SMILES string of the molecule is O=C(Nc1nnc(-c2ccccn2)s1)[C@@H]1CC(=O)N(CCc2ccccc2)C1. The van der Waals surface area contributed by atoms with E-state index in [0.717, 1.165) is 6.42 Å². The topological polar surface area (TPSA) is 88.1 Å². The molecular weight excluding hydrogens is 374 g/mol. The minimum absolute atomic E-state index is 0.0162. The van der Waals surface area contributed by atoms with E-state index in [-0.39, 0.29) is 24.2 Å². The number of likely N-dealkylation sites (tertiary alicyclic amines) is 1. The Bertz CT molecular complexity index is 961. The van der Waals surface area contributed by atoms with Gasteiger partial charge >= 0.3 is 0 Å². The van der Waals surface area contributed by atoms with E-state index in [1.54, 1.807) is 11.1 Å². The molecule has 0 saturated carbocycles. The normalized spacial score (nSPS) is 16.4.